The average molecular weight is 465 g/mol. The Hall–Kier alpha value is -0.530. The van der Waals surface area contributed by atoms with Crippen molar-refractivity contribution in [2.75, 3.05) is 6.61 Å². The second-order valence-electron chi connectivity index (χ2n) is 11.4. The Labute approximate surface area is 208 Å². The van der Waals surface area contributed by atoms with Crippen LogP contribution < -0.4 is 0 Å². The zero-order valence-corrected chi connectivity index (χ0v) is 23.5. The Kier molecular flexibility index (Phi) is 17.3. The van der Waals surface area contributed by atoms with Gasteiger partial charge in [0.2, 0.25) is 0 Å². The molecule has 196 valence electrons. The molecule has 2 heteroatoms. The molecule has 0 radical (unpaired) electrons. The van der Waals surface area contributed by atoms with Gasteiger partial charge >= 0.3 is 5.97 Å². The van der Waals surface area contributed by atoms with E-state index in [2.05, 4.69) is 41.5 Å². The summed E-state index contributed by atoms with van der Waals surface area (Å²) < 4.78 is 6.01. The van der Waals surface area contributed by atoms with E-state index in [9.17, 15) is 4.79 Å². The fourth-order valence-corrected chi connectivity index (χ4v) is 6.21. The van der Waals surface area contributed by atoms with Gasteiger partial charge in [0, 0.05) is 0 Å². The molecule has 0 bridgehead atoms. The number of ether oxygens (including phenoxy) is 1. The minimum absolute atomic E-state index is 0.136. The maximum atomic E-state index is 13.3. The normalized spacial score (nSPS) is 23.8. The molecule has 0 amide bonds. The van der Waals surface area contributed by atoms with E-state index in [1.165, 1.54) is 96.3 Å². The van der Waals surface area contributed by atoms with Gasteiger partial charge in [-0.3, -0.25) is 4.79 Å². The second-order valence-corrected chi connectivity index (χ2v) is 11.4. The molecule has 0 aromatic carbocycles. The lowest BCUT2D eigenvalue weighted by atomic mass is 9.68. The Balaban J connectivity index is 2.79. The first kappa shape index (κ1) is 30.5. The van der Waals surface area contributed by atoms with Crippen LogP contribution in [-0.2, 0) is 9.53 Å². The number of carbonyl (C=O) groups excluding carboxylic acids is 1. The van der Waals surface area contributed by atoms with Crippen molar-refractivity contribution >= 4 is 5.97 Å². The molecule has 6 atom stereocenters. The molecule has 6 unspecified atom stereocenters. The first-order valence-electron chi connectivity index (χ1n) is 15.2. The molecular weight excluding hydrogens is 404 g/mol. The van der Waals surface area contributed by atoms with Crippen molar-refractivity contribution in [3.8, 4) is 0 Å². The van der Waals surface area contributed by atoms with E-state index in [1.807, 2.05) is 0 Å². The fourth-order valence-electron chi connectivity index (χ4n) is 6.21. The van der Waals surface area contributed by atoms with Gasteiger partial charge < -0.3 is 4.74 Å². The molecule has 2 nitrogen and oxygen atoms in total. The first-order valence-corrected chi connectivity index (χ1v) is 15.2. The molecule has 1 fully saturated rings. The van der Waals surface area contributed by atoms with Crippen LogP contribution in [0.5, 0.6) is 0 Å². The Bertz CT molecular complexity index is 474. The van der Waals surface area contributed by atoms with Gasteiger partial charge in [0.1, 0.15) is 0 Å². The summed E-state index contributed by atoms with van der Waals surface area (Å²) in [5.41, 5.74) is 0. The van der Waals surface area contributed by atoms with Crippen LogP contribution in [0.25, 0.3) is 0 Å². The predicted molar refractivity (Wildman–Crippen MR) is 144 cm³/mol. The van der Waals surface area contributed by atoms with Crippen LogP contribution in [0.2, 0.25) is 0 Å². The third-order valence-electron chi connectivity index (χ3n) is 8.79. The molecular formula is C31H60O2. The van der Waals surface area contributed by atoms with Crippen LogP contribution >= 0.6 is 0 Å². The maximum Gasteiger partial charge on any atom is 0.309 e. The van der Waals surface area contributed by atoms with Crippen molar-refractivity contribution in [3.63, 3.8) is 0 Å². The summed E-state index contributed by atoms with van der Waals surface area (Å²) in [4.78, 5) is 13.3. The highest BCUT2D eigenvalue weighted by Crippen LogP contribution is 2.42. The highest BCUT2D eigenvalue weighted by atomic mass is 16.5. The lowest BCUT2D eigenvalue weighted by Gasteiger charge is -2.38. The summed E-state index contributed by atoms with van der Waals surface area (Å²) in [6.07, 6.45) is 21.6. The van der Waals surface area contributed by atoms with Crippen LogP contribution in [0.1, 0.15) is 151 Å². The van der Waals surface area contributed by atoms with Crippen LogP contribution in [0.3, 0.4) is 0 Å². The van der Waals surface area contributed by atoms with E-state index in [0.717, 1.165) is 30.6 Å². The summed E-state index contributed by atoms with van der Waals surface area (Å²) in [5.74, 6) is 3.84. The summed E-state index contributed by atoms with van der Waals surface area (Å²) in [5, 5.41) is 0. The summed E-state index contributed by atoms with van der Waals surface area (Å²) in [6, 6.07) is 0. The van der Waals surface area contributed by atoms with Crippen molar-refractivity contribution < 1.29 is 9.53 Å². The van der Waals surface area contributed by atoms with Crippen molar-refractivity contribution in [1.29, 1.82) is 0 Å². The molecule has 0 aromatic rings. The molecule has 0 heterocycles. The number of hydrogen-bond donors (Lipinski definition) is 0. The molecule has 0 saturated heterocycles. The minimum atomic E-state index is 0.136. The maximum absolute atomic E-state index is 13.3. The Morgan fingerprint density at radius 1 is 0.727 bits per heavy atom. The molecule has 0 spiro atoms. The summed E-state index contributed by atoms with van der Waals surface area (Å²) in [6.45, 7) is 14.5. The van der Waals surface area contributed by atoms with Gasteiger partial charge in [0.05, 0.1) is 12.5 Å². The van der Waals surface area contributed by atoms with E-state index < -0.39 is 0 Å². The van der Waals surface area contributed by atoms with Crippen molar-refractivity contribution in [2.45, 2.75) is 151 Å². The van der Waals surface area contributed by atoms with Gasteiger partial charge in [-0.25, -0.2) is 0 Å². The third kappa shape index (κ3) is 12.1. The molecule has 0 aromatic heterocycles. The van der Waals surface area contributed by atoms with E-state index in [1.54, 1.807) is 0 Å². The van der Waals surface area contributed by atoms with Crippen LogP contribution in [-0.4, -0.2) is 12.6 Å². The second kappa shape index (κ2) is 18.8. The van der Waals surface area contributed by atoms with Crippen molar-refractivity contribution in [2.24, 2.45) is 35.5 Å². The molecule has 0 N–H and O–H groups in total. The van der Waals surface area contributed by atoms with Crippen LogP contribution in [0, 0.1) is 35.5 Å². The highest BCUT2D eigenvalue weighted by molar-refractivity contribution is 5.73. The topological polar surface area (TPSA) is 26.3 Å². The quantitative estimate of drug-likeness (QED) is 0.178. The van der Waals surface area contributed by atoms with E-state index in [4.69, 9.17) is 4.74 Å². The SMILES string of the molecule is CCCCC(CC)COC(=O)C1CCC(CC(CC)CCCC)CC1CC(CC)CCCC. The fraction of sp³-hybridized carbons (Fsp3) is 0.968. The van der Waals surface area contributed by atoms with E-state index in [-0.39, 0.29) is 11.9 Å². The van der Waals surface area contributed by atoms with Gasteiger partial charge in [0.25, 0.3) is 0 Å². The molecule has 1 aliphatic carbocycles. The standard InChI is InChI=1S/C31H60O2/c1-7-13-16-25(10-4)21-28-19-20-30(29(23-28)22-26(11-5)17-14-8-2)31(32)33-24-27(12-6)18-15-9-3/h25-30H,7-24H2,1-6H3. The monoisotopic (exact) mass is 464 g/mol. The van der Waals surface area contributed by atoms with Crippen molar-refractivity contribution in [3.05, 3.63) is 0 Å². The van der Waals surface area contributed by atoms with Crippen LogP contribution in [0.4, 0.5) is 0 Å². The third-order valence-corrected chi connectivity index (χ3v) is 8.79. The van der Waals surface area contributed by atoms with E-state index in [0.29, 0.717) is 18.4 Å². The number of unbranched alkanes of at least 4 members (excludes halogenated alkanes) is 3. The van der Waals surface area contributed by atoms with Gasteiger partial charge in [-0.1, -0.05) is 112 Å². The van der Waals surface area contributed by atoms with Crippen molar-refractivity contribution in [1.82, 2.24) is 0 Å². The van der Waals surface area contributed by atoms with Gasteiger partial charge in [0.15, 0.2) is 0 Å². The lowest BCUT2D eigenvalue weighted by molar-refractivity contribution is -0.154. The summed E-state index contributed by atoms with van der Waals surface area (Å²) >= 11 is 0. The zero-order valence-electron chi connectivity index (χ0n) is 23.5. The number of carbonyl (C=O) groups is 1. The molecule has 33 heavy (non-hydrogen) atoms. The summed E-state index contributed by atoms with van der Waals surface area (Å²) in [7, 11) is 0. The van der Waals surface area contributed by atoms with Gasteiger partial charge in [-0.05, 0) is 68.1 Å². The Morgan fingerprint density at radius 3 is 1.76 bits per heavy atom. The smallest absolute Gasteiger partial charge is 0.309 e. The molecule has 0 aliphatic heterocycles. The largest absolute Gasteiger partial charge is 0.465 e. The number of hydrogen-bond acceptors (Lipinski definition) is 2. The zero-order chi connectivity index (χ0) is 24.5. The van der Waals surface area contributed by atoms with E-state index >= 15 is 0 Å². The molecule has 1 aliphatic rings. The van der Waals surface area contributed by atoms with Crippen LogP contribution in [0.15, 0.2) is 0 Å². The molecule has 1 saturated carbocycles. The average Bonchev–Trinajstić information content (AvgIpc) is 2.84. The van der Waals surface area contributed by atoms with Gasteiger partial charge in [-0.2, -0.15) is 0 Å². The predicted octanol–water partition coefficient (Wildman–Crippen LogP) is 9.99. The number of esters is 1. The highest BCUT2D eigenvalue weighted by Gasteiger charge is 2.37. The van der Waals surface area contributed by atoms with Gasteiger partial charge in [-0.15, -0.1) is 0 Å². The first-order chi connectivity index (χ1) is 16.0. The molecule has 1 rings (SSSR count). The lowest BCUT2D eigenvalue weighted by Crippen LogP contribution is -2.34. The Morgan fingerprint density at radius 2 is 1.24 bits per heavy atom. The minimum Gasteiger partial charge on any atom is -0.465 e. The number of rotatable bonds is 19.